The highest BCUT2D eigenvalue weighted by Gasteiger charge is 2.41. The van der Waals surface area contributed by atoms with Gasteiger partial charge < -0.3 is 4.74 Å². The van der Waals surface area contributed by atoms with Crippen molar-refractivity contribution in [3.05, 3.63) is 29.2 Å². The van der Waals surface area contributed by atoms with Crippen LogP contribution >= 0.6 is 11.6 Å². The molecular formula is C14H16ClN3O4S. The molecule has 2 aromatic heterocycles. The largest absolute Gasteiger partial charge is 0.461 e. The summed E-state index contributed by atoms with van der Waals surface area (Å²) < 4.78 is 33.9. The van der Waals surface area contributed by atoms with Gasteiger partial charge in [-0.1, -0.05) is 11.6 Å². The number of hydrogen-bond acceptors (Lipinski definition) is 5. The van der Waals surface area contributed by atoms with Crippen LogP contribution in [0.15, 0.2) is 23.4 Å². The molecule has 0 unspecified atom stereocenters. The first-order valence-electron chi connectivity index (χ1n) is 7.13. The SMILES string of the molecule is CCOC(=O)c1cnc2c(Cl)cc(S(=O)(=O)NC3(C)CC3)cn12. The summed E-state index contributed by atoms with van der Waals surface area (Å²) in [5, 5.41) is 0.143. The van der Waals surface area contributed by atoms with E-state index in [9.17, 15) is 13.2 Å². The number of nitrogens with zero attached hydrogens (tertiary/aromatic N) is 2. The number of aromatic nitrogens is 2. The molecule has 0 atom stereocenters. The fraction of sp³-hybridized carbons (Fsp3) is 0.429. The van der Waals surface area contributed by atoms with Crippen molar-refractivity contribution >= 4 is 33.2 Å². The standard InChI is InChI=1S/C14H16ClN3O4S/c1-3-22-13(19)11-7-16-12-10(15)6-9(8-18(11)12)23(20,21)17-14(2)4-5-14/h6-8,17H,3-5H2,1-2H3. The number of carbonyl (C=O) groups excluding carboxylic acids is 1. The maximum atomic E-state index is 12.5. The second kappa shape index (κ2) is 5.47. The van der Waals surface area contributed by atoms with Gasteiger partial charge in [-0.3, -0.25) is 4.40 Å². The van der Waals surface area contributed by atoms with Crippen LogP contribution in [-0.4, -0.2) is 35.9 Å². The molecule has 124 valence electrons. The lowest BCUT2D eigenvalue weighted by atomic mass is 10.4. The Morgan fingerprint density at radius 1 is 1.52 bits per heavy atom. The lowest BCUT2D eigenvalue weighted by Crippen LogP contribution is -2.34. The Balaban J connectivity index is 2.09. The van der Waals surface area contributed by atoms with Gasteiger partial charge in [0.25, 0.3) is 0 Å². The first kappa shape index (κ1) is 16.2. The third-order valence-corrected chi connectivity index (χ3v) is 5.59. The highest BCUT2D eigenvalue weighted by molar-refractivity contribution is 7.89. The average Bonchev–Trinajstić information content (AvgIpc) is 3.01. The minimum atomic E-state index is -3.74. The molecule has 3 rings (SSSR count). The fourth-order valence-electron chi connectivity index (χ4n) is 2.20. The predicted molar refractivity (Wildman–Crippen MR) is 84.1 cm³/mol. The van der Waals surface area contributed by atoms with Gasteiger partial charge >= 0.3 is 5.97 Å². The number of rotatable bonds is 5. The molecule has 1 aliphatic carbocycles. The van der Waals surface area contributed by atoms with E-state index in [-0.39, 0.29) is 22.2 Å². The van der Waals surface area contributed by atoms with E-state index >= 15 is 0 Å². The highest BCUT2D eigenvalue weighted by Crippen LogP contribution is 2.36. The number of halogens is 1. The van der Waals surface area contributed by atoms with Crippen molar-refractivity contribution in [3.63, 3.8) is 0 Å². The first-order valence-corrected chi connectivity index (χ1v) is 8.99. The average molecular weight is 358 g/mol. The van der Waals surface area contributed by atoms with E-state index in [4.69, 9.17) is 16.3 Å². The Kier molecular flexibility index (Phi) is 3.86. The minimum absolute atomic E-state index is 0.0216. The fourth-order valence-corrected chi connectivity index (χ4v) is 4.01. The number of hydrogen-bond donors (Lipinski definition) is 1. The van der Waals surface area contributed by atoms with Gasteiger partial charge in [-0.15, -0.1) is 0 Å². The molecule has 1 fully saturated rings. The summed E-state index contributed by atoms with van der Waals surface area (Å²) in [7, 11) is -3.74. The van der Waals surface area contributed by atoms with E-state index in [0.717, 1.165) is 12.8 Å². The van der Waals surface area contributed by atoms with Crippen LogP contribution in [0, 0.1) is 0 Å². The Labute approximate surface area is 138 Å². The lowest BCUT2D eigenvalue weighted by Gasteiger charge is -2.13. The van der Waals surface area contributed by atoms with E-state index in [0.29, 0.717) is 5.65 Å². The third kappa shape index (κ3) is 3.06. The molecule has 0 aliphatic heterocycles. The zero-order chi connectivity index (χ0) is 16.8. The molecule has 0 saturated heterocycles. The number of fused-ring (bicyclic) bond motifs is 1. The van der Waals surface area contributed by atoms with Crippen molar-refractivity contribution in [3.8, 4) is 0 Å². The molecule has 1 aliphatic rings. The van der Waals surface area contributed by atoms with Crippen LogP contribution < -0.4 is 4.72 Å². The maximum Gasteiger partial charge on any atom is 0.356 e. The van der Waals surface area contributed by atoms with Crippen molar-refractivity contribution in [2.24, 2.45) is 0 Å². The topological polar surface area (TPSA) is 89.8 Å². The molecule has 0 bridgehead atoms. The zero-order valence-corrected chi connectivity index (χ0v) is 14.2. The van der Waals surface area contributed by atoms with Crippen LogP contribution in [0.2, 0.25) is 5.02 Å². The summed E-state index contributed by atoms with van der Waals surface area (Å²) in [6.45, 7) is 3.73. The molecule has 0 radical (unpaired) electrons. The van der Waals surface area contributed by atoms with Gasteiger partial charge in [0.1, 0.15) is 4.90 Å². The summed E-state index contributed by atoms with van der Waals surface area (Å²) >= 11 is 6.12. The van der Waals surface area contributed by atoms with E-state index in [1.54, 1.807) is 6.92 Å². The van der Waals surface area contributed by atoms with Crippen molar-refractivity contribution in [1.82, 2.24) is 14.1 Å². The molecule has 23 heavy (non-hydrogen) atoms. The number of ether oxygens (including phenoxy) is 1. The molecule has 2 aromatic rings. The van der Waals surface area contributed by atoms with Crippen molar-refractivity contribution < 1.29 is 17.9 Å². The van der Waals surface area contributed by atoms with Gasteiger partial charge in [0, 0.05) is 11.7 Å². The number of nitrogens with one attached hydrogen (secondary N) is 1. The molecule has 2 heterocycles. The molecular weight excluding hydrogens is 342 g/mol. The zero-order valence-electron chi connectivity index (χ0n) is 12.7. The Morgan fingerprint density at radius 3 is 2.83 bits per heavy atom. The number of pyridine rings is 1. The predicted octanol–water partition coefficient (Wildman–Crippen LogP) is 2.00. The molecule has 1 saturated carbocycles. The second-order valence-electron chi connectivity index (χ2n) is 5.75. The van der Waals surface area contributed by atoms with Crippen molar-refractivity contribution in [1.29, 1.82) is 0 Å². The number of imidazole rings is 1. The smallest absolute Gasteiger partial charge is 0.356 e. The molecule has 9 heteroatoms. The van der Waals surface area contributed by atoms with Crippen LogP contribution in [-0.2, 0) is 14.8 Å². The monoisotopic (exact) mass is 357 g/mol. The summed E-state index contributed by atoms with van der Waals surface area (Å²) in [5.41, 5.74) is 0.0175. The van der Waals surface area contributed by atoms with Crippen LogP contribution in [0.5, 0.6) is 0 Å². The van der Waals surface area contributed by atoms with E-state index in [2.05, 4.69) is 9.71 Å². The third-order valence-electron chi connectivity index (χ3n) is 3.71. The molecule has 7 nitrogen and oxygen atoms in total. The number of carbonyl (C=O) groups is 1. The normalized spacial score (nSPS) is 16.5. The van der Waals surface area contributed by atoms with E-state index in [1.165, 1.54) is 22.9 Å². The highest BCUT2D eigenvalue weighted by atomic mass is 35.5. The molecule has 1 N–H and O–H groups in total. The Morgan fingerprint density at radius 2 is 2.22 bits per heavy atom. The summed E-state index contributed by atoms with van der Waals surface area (Å²) in [6.07, 6.45) is 4.22. The maximum absolute atomic E-state index is 12.5. The first-order chi connectivity index (χ1) is 10.8. The summed E-state index contributed by atoms with van der Waals surface area (Å²) in [4.78, 5) is 16.0. The number of sulfonamides is 1. The van der Waals surface area contributed by atoms with Gasteiger partial charge in [-0.05, 0) is 32.8 Å². The van der Waals surface area contributed by atoms with Gasteiger partial charge in [-0.2, -0.15) is 0 Å². The summed E-state index contributed by atoms with van der Waals surface area (Å²) in [5.74, 6) is -0.590. The minimum Gasteiger partial charge on any atom is -0.461 e. The van der Waals surface area contributed by atoms with Crippen molar-refractivity contribution in [2.75, 3.05) is 6.61 Å². The van der Waals surface area contributed by atoms with Crippen LogP contribution in [0.1, 0.15) is 37.2 Å². The van der Waals surface area contributed by atoms with Crippen LogP contribution in [0.25, 0.3) is 5.65 Å². The van der Waals surface area contributed by atoms with Gasteiger partial charge in [0.05, 0.1) is 17.8 Å². The summed E-state index contributed by atoms with van der Waals surface area (Å²) in [6, 6.07) is 1.33. The quantitative estimate of drug-likeness (QED) is 0.826. The second-order valence-corrected chi connectivity index (χ2v) is 7.84. The Hall–Kier alpha value is -1.64. The number of esters is 1. The van der Waals surface area contributed by atoms with Crippen LogP contribution in [0.3, 0.4) is 0 Å². The van der Waals surface area contributed by atoms with Gasteiger partial charge in [0.15, 0.2) is 11.3 Å². The van der Waals surface area contributed by atoms with E-state index < -0.39 is 21.5 Å². The van der Waals surface area contributed by atoms with Crippen LogP contribution in [0.4, 0.5) is 0 Å². The molecule has 0 spiro atoms. The van der Waals surface area contributed by atoms with Gasteiger partial charge in [0.2, 0.25) is 10.0 Å². The molecule has 0 aromatic carbocycles. The van der Waals surface area contributed by atoms with Gasteiger partial charge in [-0.25, -0.2) is 22.9 Å². The Bertz CT molecular complexity index is 887. The van der Waals surface area contributed by atoms with Crippen molar-refractivity contribution in [2.45, 2.75) is 37.1 Å². The lowest BCUT2D eigenvalue weighted by molar-refractivity contribution is 0.0518. The molecule has 0 amide bonds. The van der Waals surface area contributed by atoms with E-state index in [1.807, 2.05) is 6.92 Å².